The molecule has 0 unspecified atom stereocenters. The fourth-order valence-electron chi connectivity index (χ4n) is 2.54. The Morgan fingerprint density at radius 3 is 2.50 bits per heavy atom. The number of ether oxygens (including phenoxy) is 1. The number of carbonyl (C=O) groups excluding carboxylic acids is 2. The first kappa shape index (κ1) is 19.9. The molecular formula is C20H22N2O5S. The number of amides is 1. The van der Waals surface area contributed by atoms with Gasteiger partial charge in [-0.3, -0.25) is 9.52 Å². The molecule has 0 saturated heterocycles. The summed E-state index contributed by atoms with van der Waals surface area (Å²) >= 11 is 0. The number of anilines is 1. The normalized spacial score (nSPS) is 14.8. The summed E-state index contributed by atoms with van der Waals surface area (Å²) in [4.78, 5) is 24.2. The van der Waals surface area contributed by atoms with E-state index < -0.39 is 22.1 Å². The Labute approximate surface area is 164 Å². The molecule has 8 heteroatoms. The third kappa shape index (κ3) is 5.10. The van der Waals surface area contributed by atoms with Crippen LogP contribution in [-0.2, 0) is 19.6 Å². The van der Waals surface area contributed by atoms with Crippen LogP contribution in [0.25, 0.3) is 0 Å². The molecule has 1 aliphatic rings. The number of sulfonamides is 1. The van der Waals surface area contributed by atoms with Crippen LogP contribution in [0.15, 0.2) is 53.4 Å². The minimum Gasteiger partial charge on any atom is -0.449 e. The van der Waals surface area contributed by atoms with Crippen LogP contribution in [0.4, 0.5) is 5.69 Å². The summed E-state index contributed by atoms with van der Waals surface area (Å²) in [6.07, 6.45) is 0.902. The van der Waals surface area contributed by atoms with E-state index in [1.807, 2.05) is 13.0 Å². The van der Waals surface area contributed by atoms with Crippen molar-refractivity contribution >= 4 is 27.6 Å². The first-order valence-corrected chi connectivity index (χ1v) is 10.4. The summed E-state index contributed by atoms with van der Waals surface area (Å²) < 4.78 is 32.9. The number of benzene rings is 2. The molecule has 2 N–H and O–H groups in total. The highest BCUT2D eigenvalue weighted by Gasteiger charge is 2.27. The van der Waals surface area contributed by atoms with Crippen LogP contribution in [0.3, 0.4) is 0 Å². The third-order valence-corrected chi connectivity index (χ3v) is 5.61. The van der Waals surface area contributed by atoms with E-state index >= 15 is 0 Å². The van der Waals surface area contributed by atoms with Crippen molar-refractivity contribution < 1.29 is 22.7 Å². The Morgan fingerprint density at radius 2 is 1.82 bits per heavy atom. The second kappa shape index (κ2) is 8.02. The Hall–Kier alpha value is -2.87. The van der Waals surface area contributed by atoms with Gasteiger partial charge in [0.15, 0.2) is 6.10 Å². The largest absolute Gasteiger partial charge is 0.449 e. The monoisotopic (exact) mass is 402 g/mol. The van der Waals surface area contributed by atoms with Gasteiger partial charge in [-0.15, -0.1) is 0 Å². The summed E-state index contributed by atoms with van der Waals surface area (Å²) in [5.74, 6) is -1.12. The molecule has 1 saturated carbocycles. The van der Waals surface area contributed by atoms with Gasteiger partial charge in [0, 0.05) is 11.7 Å². The molecule has 0 radical (unpaired) electrons. The smallest absolute Gasteiger partial charge is 0.338 e. The van der Waals surface area contributed by atoms with E-state index in [9.17, 15) is 18.0 Å². The zero-order valence-corrected chi connectivity index (χ0v) is 16.5. The van der Waals surface area contributed by atoms with Crippen LogP contribution in [-0.4, -0.2) is 32.4 Å². The zero-order chi connectivity index (χ0) is 20.3. The van der Waals surface area contributed by atoms with E-state index in [1.54, 1.807) is 18.2 Å². The van der Waals surface area contributed by atoms with E-state index in [-0.39, 0.29) is 22.4 Å². The van der Waals surface area contributed by atoms with Crippen molar-refractivity contribution in [3.63, 3.8) is 0 Å². The highest BCUT2D eigenvalue weighted by Crippen LogP contribution is 2.20. The van der Waals surface area contributed by atoms with Crippen LogP contribution >= 0.6 is 0 Å². The molecule has 0 heterocycles. The molecule has 2 aromatic carbocycles. The molecule has 7 nitrogen and oxygen atoms in total. The quantitative estimate of drug-likeness (QED) is 0.693. The summed E-state index contributed by atoms with van der Waals surface area (Å²) in [5.41, 5.74) is 1.40. The van der Waals surface area contributed by atoms with Crippen molar-refractivity contribution in [2.24, 2.45) is 0 Å². The minimum atomic E-state index is -3.88. The Balaban J connectivity index is 1.71. The van der Waals surface area contributed by atoms with Crippen LogP contribution in [0.2, 0.25) is 0 Å². The second-order valence-electron chi connectivity index (χ2n) is 6.83. The number of hydrogen-bond acceptors (Lipinski definition) is 5. The minimum absolute atomic E-state index is 0.0539. The fourth-order valence-corrected chi connectivity index (χ4v) is 3.64. The highest BCUT2D eigenvalue weighted by atomic mass is 32.2. The molecule has 0 aromatic heterocycles. The van der Waals surface area contributed by atoms with Crippen LogP contribution in [0, 0.1) is 6.92 Å². The number of aryl methyl sites for hydroxylation is 1. The lowest BCUT2D eigenvalue weighted by Gasteiger charge is -2.14. The lowest BCUT2D eigenvalue weighted by atomic mass is 10.2. The van der Waals surface area contributed by atoms with Gasteiger partial charge in [0.1, 0.15) is 0 Å². The van der Waals surface area contributed by atoms with E-state index in [0.29, 0.717) is 5.69 Å². The van der Waals surface area contributed by atoms with Crippen molar-refractivity contribution in [2.75, 3.05) is 4.72 Å². The molecule has 0 bridgehead atoms. The van der Waals surface area contributed by atoms with Gasteiger partial charge >= 0.3 is 5.97 Å². The van der Waals surface area contributed by atoms with E-state index in [0.717, 1.165) is 18.4 Å². The molecule has 0 aliphatic heterocycles. The van der Waals surface area contributed by atoms with Crippen molar-refractivity contribution in [1.29, 1.82) is 0 Å². The molecule has 148 valence electrons. The topological polar surface area (TPSA) is 102 Å². The van der Waals surface area contributed by atoms with Gasteiger partial charge in [-0.2, -0.15) is 0 Å². The van der Waals surface area contributed by atoms with Gasteiger partial charge in [0.05, 0.1) is 10.5 Å². The standard InChI is InChI=1S/C20H22N2O5S/c1-13-5-3-7-17(11-13)22-28(25,26)18-8-4-6-15(12-18)20(24)27-14(2)19(23)21-16-9-10-16/h3-8,11-12,14,16,22H,9-10H2,1-2H3,(H,21,23)/t14-/m0/s1. The molecule has 1 aliphatic carbocycles. The van der Waals surface area contributed by atoms with Crippen molar-refractivity contribution in [1.82, 2.24) is 5.32 Å². The first-order valence-electron chi connectivity index (χ1n) is 8.95. The van der Waals surface area contributed by atoms with Gasteiger partial charge in [-0.05, 0) is 62.6 Å². The van der Waals surface area contributed by atoms with Gasteiger partial charge in [-0.25, -0.2) is 13.2 Å². The van der Waals surface area contributed by atoms with Crippen molar-refractivity contribution in [3.8, 4) is 0 Å². The molecule has 0 spiro atoms. The van der Waals surface area contributed by atoms with Crippen molar-refractivity contribution in [3.05, 3.63) is 59.7 Å². The molecular weight excluding hydrogens is 380 g/mol. The highest BCUT2D eigenvalue weighted by molar-refractivity contribution is 7.92. The first-order chi connectivity index (χ1) is 13.2. The SMILES string of the molecule is Cc1cccc(NS(=O)(=O)c2cccc(C(=O)O[C@@H](C)C(=O)NC3CC3)c2)c1. The molecule has 3 rings (SSSR count). The molecule has 28 heavy (non-hydrogen) atoms. The summed E-state index contributed by atoms with van der Waals surface area (Å²) in [6, 6.07) is 12.6. The Kier molecular flexibility index (Phi) is 5.69. The lowest BCUT2D eigenvalue weighted by Crippen LogP contribution is -2.37. The van der Waals surface area contributed by atoms with Crippen LogP contribution < -0.4 is 10.0 Å². The average Bonchev–Trinajstić information content (AvgIpc) is 3.45. The molecule has 2 aromatic rings. The van der Waals surface area contributed by atoms with Crippen LogP contribution in [0.1, 0.15) is 35.7 Å². The van der Waals surface area contributed by atoms with Gasteiger partial charge < -0.3 is 10.1 Å². The van der Waals surface area contributed by atoms with E-state index in [1.165, 1.54) is 31.2 Å². The third-order valence-electron chi connectivity index (χ3n) is 4.23. The average molecular weight is 402 g/mol. The predicted octanol–water partition coefficient (Wildman–Crippen LogP) is 2.62. The molecule has 1 fully saturated rings. The van der Waals surface area contributed by atoms with Crippen molar-refractivity contribution in [2.45, 2.75) is 43.7 Å². The maximum absolute atomic E-state index is 12.6. The van der Waals surface area contributed by atoms with Gasteiger partial charge in [-0.1, -0.05) is 18.2 Å². The summed E-state index contributed by atoms with van der Waals surface area (Å²) in [5, 5.41) is 2.76. The predicted molar refractivity (Wildman–Crippen MR) is 104 cm³/mol. The van der Waals surface area contributed by atoms with Gasteiger partial charge in [0.25, 0.3) is 15.9 Å². The van der Waals surface area contributed by atoms with E-state index in [4.69, 9.17) is 4.74 Å². The summed E-state index contributed by atoms with van der Waals surface area (Å²) in [7, 11) is -3.88. The number of esters is 1. The zero-order valence-electron chi connectivity index (χ0n) is 15.6. The maximum atomic E-state index is 12.6. The maximum Gasteiger partial charge on any atom is 0.338 e. The number of carbonyl (C=O) groups is 2. The van der Waals surface area contributed by atoms with E-state index in [2.05, 4.69) is 10.0 Å². The van der Waals surface area contributed by atoms with Crippen LogP contribution in [0.5, 0.6) is 0 Å². The molecule has 1 atom stereocenters. The van der Waals surface area contributed by atoms with Gasteiger partial charge in [0.2, 0.25) is 0 Å². The Bertz CT molecular complexity index is 999. The number of nitrogens with one attached hydrogen (secondary N) is 2. The summed E-state index contributed by atoms with van der Waals surface area (Å²) in [6.45, 7) is 3.34. The number of hydrogen-bond donors (Lipinski definition) is 2. The second-order valence-corrected chi connectivity index (χ2v) is 8.52. The lowest BCUT2D eigenvalue weighted by molar-refractivity contribution is -0.129. The molecule has 1 amide bonds. The fraction of sp³-hybridized carbons (Fsp3) is 0.300. The Morgan fingerprint density at radius 1 is 1.11 bits per heavy atom. The number of rotatable bonds is 7.